The first kappa shape index (κ1) is 17.0. The number of hydrogen-bond donors (Lipinski definition) is 3. The highest BCUT2D eigenvalue weighted by molar-refractivity contribution is 5.82. The van der Waals surface area contributed by atoms with Crippen LogP contribution in [0.15, 0.2) is 30.3 Å². The van der Waals surface area contributed by atoms with Gasteiger partial charge in [-0.1, -0.05) is 57.5 Å². The van der Waals surface area contributed by atoms with Crippen molar-refractivity contribution in [2.45, 2.75) is 45.7 Å². The molecule has 0 aliphatic rings. The van der Waals surface area contributed by atoms with Crippen LogP contribution in [-0.4, -0.2) is 23.1 Å². The van der Waals surface area contributed by atoms with Crippen LogP contribution in [-0.2, 0) is 4.79 Å². The van der Waals surface area contributed by atoms with E-state index >= 15 is 0 Å². The lowest BCUT2D eigenvalue weighted by Crippen LogP contribution is -2.49. The second kappa shape index (κ2) is 8.29. The molecule has 0 spiro atoms. The fourth-order valence-electron chi connectivity index (χ4n) is 2.13. The summed E-state index contributed by atoms with van der Waals surface area (Å²) in [5, 5.41) is 14.6. The first-order valence-corrected chi connectivity index (χ1v) is 7.34. The van der Waals surface area contributed by atoms with E-state index in [9.17, 15) is 14.7 Å². The van der Waals surface area contributed by atoms with Crippen molar-refractivity contribution >= 4 is 12.0 Å². The standard InChI is InChI=1S/C16H24N2O3/c1-4-11(3)14(15(19)20)18-16(21)17-13(5-2)12-9-7-6-8-10-12/h6-11,13-14H,4-5H2,1-3H3,(H,19,20)(H2,17,18,21)/t11-,13?,14-/m0/s1. The van der Waals surface area contributed by atoms with Gasteiger partial charge in [0.15, 0.2) is 0 Å². The average Bonchev–Trinajstić information content (AvgIpc) is 2.50. The molecular formula is C16H24N2O3. The van der Waals surface area contributed by atoms with Crippen LogP contribution in [0.3, 0.4) is 0 Å². The van der Waals surface area contributed by atoms with Crippen LogP contribution >= 0.6 is 0 Å². The van der Waals surface area contributed by atoms with Crippen molar-refractivity contribution in [2.24, 2.45) is 5.92 Å². The van der Waals surface area contributed by atoms with Gasteiger partial charge in [0.05, 0.1) is 6.04 Å². The van der Waals surface area contributed by atoms with Crippen LogP contribution in [0.5, 0.6) is 0 Å². The van der Waals surface area contributed by atoms with Gasteiger partial charge in [0.25, 0.3) is 0 Å². The Balaban J connectivity index is 2.68. The first-order chi connectivity index (χ1) is 9.99. The second-order valence-corrected chi connectivity index (χ2v) is 5.19. The number of benzene rings is 1. The Bertz CT molecular complexity index is 462. The number of carboxylic acid groups (broad SMARTS) is 1. The van der Waals surface area contributed by atoms with Crippen LogP contribution in [0.2, 0.25) is 0 Å². The predicted octanol–water partition coefficient (Wildman–Crippen LogP) is 2.94. The Kier molecular flexibility index (Phi) is 6.72. The molecule has 2 amide bonds. The Hall–Kier alpha value is -2.04. The van der Waals surface area contributed by atoms with Crippen LogP contribution in [0.4, 0.5) is 4.79 Å². The normalized spacial score (nSPS) is 14.8. The fraction of sp³-hybridized carbons (Fsp3) is 0.500. The van der Waals surface area contributed by atoms with Gasteiger partial charge in [-0.15, -0.1) is 0 Å². The SMILES string of the molecule is CCC(NC(=O)N[C@H](C(=O)O)[C@@H](C)CC)c1ccccc1. The number of amides is 2. The molecule has 0 fully saturated rings. The van der Waals surface area contributed by atoms with E-state index in [1.165, 1.54) is 0 Å². The Morgan fingerprint density at radius 3 is 2.19 bits per heavy atom. The molecule has 0 radical (unpaired) electrons. The van der Waals surface area contributed by atoms with Crippen molar-refractivity contribution < 1.29 is 14.7 Å². The van der Waals surface area contributed by atoms with Gasteiger partial charge in [-0.2, -0.15) is 0 Å². The van der Waals surface area contributed by atoms with Crippen LogP contribution < -0.4 is 10.6 Å². The third-order valence-electron chi connectivity index (χ3n) is 3.68. The maximum absolute atomic E-state index is 12.0. The van der Waals surface area contributed by atoms with Gasteiger partial charge < -0.3 is 15.7 Å². The molecule has 3 N–H and O–H groups in total. The van der Waals surface area contributed by atoms with Crippen LogP contribution in [0.1, 0.15) is 45.2 Å². The molecule has 0 heterocycles. The van der Waals surface area contributed by atoms with Gasteiger partial charge >= 0.3 is 12.0 Å². The largest absolute Gasteiger partial charge is 0.480 e. The predicted molar refractivity (Wildman–Crippen MR) is 82.0 cm³/mol. The molecule has 21 heavy (non-hydrogen) atoms. The number of hydrogen-bond acceptors (Lipinski definition) is 2. The molecule has 0 aliphatic carbocycles. The molecule has 0 aromatic heterocycles. The van der Waals surface area contributed by atoms with E-state index in [-0.39, 0.29) is 12.0 Å². The molecule has 1 unspecified atom stereocenters. The first-order valence-electron chi connectivity index (χ1n) is 7.34. The number of nitrogens with one attached hydrogen (secondary N) is 2. The number of urea groups is 1. The van der Waals surface area contributed by atoms with E-state index < -0.39 is 18.0 Å². The van der Waals surface area contributed by atoms with Crippen LogP contribution in [0.25, 0.3) is 0 Å². The van der Waals surface area contributed by atoms with Crippen molar-refractivity contribution in [1.29, 1.82) is 0 Å². The van der Waals surface area contributed by atoms with E-state index in [0.29, 0.717) is 6.42 Å². The summed E-state index contributed by atoms with van der Waals surface area (Å²) in [7, 11) is 0. The summed E-state index contributed by atoms with van der Waals surface area (Å²) in [6.07, 6.45) is 1.42. The zero-order chi connectivity index (χ0) is 15.8. The number of carbonyl (C=O) groups excluding carboxylic acids is 1. The highest BCUT2D eigenvalue weighted by Gasteiger charge is 2.26. The van der Waals surface area contributed by atoms with Gasteiger partial charge in [-0.25, -0.2) is 9.59 Å². The summed E-state index contributed by atoms with van der Waals surface area (Å²) in [5.74, 6) is -1.13. The maximum atomic E-state index is 12.0. The molecule has 0 aliphatic heterocycles. The number of carboxylic acids is 1. The molecule has 0 bridgehead atoms. The molecule has 0 saturated heterocycles. The van der Waals surface area contributed by atoms with Gasteiger partial charge in [-0.05, 0) is 17.9 Å². The van der Waals surface area contributed by atoms with Crippen molar-refractivity contribution in [3.05, 3.63) is 35.9 Å². The van der Waals surface area contributed by atoms with Gasteiger partial charge in [-0.3, -0.25) is 0 Å². The maximum Gasteiger partial charge on any atom is 0.326 e. The number of carbonyl (C=O) groups is 2. The quantitative estimate of drug-likeness (QED) is 0.723. The zero-order valence-electron chi connectivity index (χ0n) is 12.8. The van der Waals surface area contributed by atoms with E-state index in [4.69, 9.17) is 0 Å². The molecule has 1 aromatic carbocycles. The minimum absolute atomic E-state index is 0.120. The fourth-order valence-corrected chi connectivity index (χ4v) is 2.13. The van der Waals surface area contributed by atoms with Crippen LogP contribution in [0, 0.1) is 5.92 Å². The summed E-state index contributed by atoms with van der Waals surface area (Å²) in [6.45, 7) is 5.69. The molecule has 1 rings (SSSR count). The molecule has 1 aromatic rings. The molecule has 5 heteroatoms. The number of rotatable bonds is 7. The summed E-state index contributed by atoms with van der Waals surface area (Å²) in [5.41, 5.74) is 1.01. The lowest BCUT2D eigenvalue weighted by atomic mass is 9.99. The van der Waals surface area contributed by atoms with Gasteiger partial charge in [0.1, 0.15) is 6.04 Å². The highest BCUT2D eigenvalue weighted by atomic mass is 16.4. The van der Waals surface area contributed by atoms with E-state index in [2.05, 4.69) is 10.6 Å². The topological polar surface area (TPSA) is 78.4 Å². The average molecular weight is 292 g/mol. The summed E-state index contributed by atoms with van der Waals surface area (Å²) < 4.78 is 0. The summed E-state index contributed by atoms with van der Waals surface area (Å²) >= 11 is 0. The smallest absolute Gasteiger partial charge is 0.326 e. The lowest BCUT2D eigenvalue weighted by Gasteiger charge is -2.23. The number of aliphatic carboxylic acids is 1. The monoisotopic (exact) mass is 292 g/mol. The molecule has 5 nitrogen and oxygen atoms in total. The van der Waals surface area contributed by atoms with E-state index in [1.54, 1.807) is 0 Å². The molecule has 3 atom stereocenters. The molecular weight excluding hydrogens is 268 g/mol. The van der Waals surface area contributed by atoms with Crippen molar-refractivity contribution in [1.82, 2.24) is 10.6 Å². The van der Waals surface area contributed by atoms with Gasteiger partial charge in [0.2, 0.25) is 0 Å². The zero-order valence-corrected chi connectivity index (χ0v) is 12.8. The molecule has 0 saturated carbocycles. The third kappa shape index (κ3) is 5.10. The van der Waals surface area contributed by atoms with Crippen molar-refractivity contribution in [3.63, 3.8) is 0 Å². The minimum atomic E-state index is -1.01. The Morgan fingerprint density at radius 2 is 1.71 bits per heavy atom. The van der Waals surface area contributed by atoms with Crippen molar-refractivity contribution in [2.75, 3.05) is 0 Å². The van der Waals surface area contributed by atoms with E-state index in [0.717, 1.165) is 12.0 Å². The Morgan fingerprint density at radius 1 is 1.10 bits per heavy atom. The second-order valence-electron chi connectivity index (χ2n) is 5.19. The van der Waals surface area contributed by atoms with Crippen molar-refractivity contribution in [3.8, 4) is 0 Å². The summed E-state index contributed by atoms with van der Waals surface area (Å²) in [4.78, 5) is 23.3. The lowest BCUT2D eigenvalue weighted by molar-refractivity contribution is -0.140. The highest BCUT2D eigenvalue weighted by Crippen LogP contribution is 2.16. The molecule has 116 valence electrons. The van der Waals surface area contributed by atoms with E-state index in [1.807, 2.05) is 51.1 Å². The van der Waals surface area contributed by atoms with Gasteiger partial charge in [0, 0.05) is 0 Å². The minimum Gasteiger partial charge on any atom is -0.480 e. The third-order valence-corrected chi connectivity index (χ3v) is 3.68. The Labute approximate surface area is 125 Å². The summed E-state index contributed by atoms with van der Waals surface area (Å²) in [6, 6.07) is 8.18.